The number of rotatable bonds is 5. The Kier molecular flexibility index (Phi) is 5.18. The Morgan fingerprint density at radius 3 is 2.94 bits per heavy atom. The van der Waals surface area contributed by atoms with Gasteiger partial charge in [-0.05, 0) is 37.6 Å². The summed E-state index contributed by atoms with van der Waals surface area (Å²) in [6, 6.07) is 5.64. The quantitative estimate of drug-likeness (QED) is 0.628. The lowest BCUT2D eigenvalue weighted by Gasteiger charge is -2.15. The molecule has 0 aliphatic carbocycles. The Labute approximate surface area is 102 Å². The van der Waals surface area contributed by atoms with Crippen LogP contribution >= 0.6 is 11.6 Å². The molecule has 0 fully saturated rings. The predicted octanol–water partition coefficient (Wildman–Crippen LogP) is 2.64. The van der Waals surface area contributed by atoms with Crippen LogP contribution in [-0.2, 0) is 0 Å². The molecule has 0 aliphatic heterocycles. The van der Waals surface area contributed by atoms with E-state index in [1.807, 2.05) is 32.0 Å². The third kappa shape index (κ3) is 4.14. The van der Waals surface area contributed by atoms with Gasteiger partial charge in [0, 0.05) is 11.6 Å². The van der Waals surface area contributed by atoms with E-state index in [1.54, 1.807) is 0 Å². The number of hydrogen-bond acceptors (Lipinski definition) is 2. The van der Waals surface area contributed by atoms with Gasteiger partial charge < -0.3 is 10.1 Å². The van der Waals surface area contributed by atoms with Crippen molar-refractivity contribution in [1.82, 2.24) is 5.32 Å². The molecule has 0 aliphatic rings. The number of ether oxygens (including phenoxy) is 1. The minimum Gasteiger partial charge on any atom is -0.489 e. The lowest BCUT2D eigenvalue weighted by atomic mass is 10.2. The summed E-state index contributed by atoms with van der Waals surface area (Å²) in [5.74, 6) is 3.35. The molecule has 3 heteroatoms. The van der Waals surface area contributed by atoms with Crippen LogP contribution in [0.5, 0.6) is 5.75 Å². The average molecular weight is 238 g/mol. The summed E-state index contributed by atoms with van der Waals surface area (Å²) in [7, 11) is 0. The number of halogens is 1. The molecule has 1 N–H and O–H groups in total. The maximum atomic E-state index is 5.93. The van der Waals surface area contributed by atoms with Gasteiger partial charge in [0.15, 0.2) is 0 Å². The van der Waals surface area contributed by atoms with Gasteiger partial charge in [0.05, 0.1) is 6.54 Å². The zero-order valence-electron chi connectivity index (χ0n) is 9.59. The Morgan fingerprint density at radius 1 is 1.56 bits per heavy atom. The first-order valence-corrected chi connectivity index (χ1v) is 5.58. The third-order valence-corrected chi connectivity index (χ3v) is 2.55. The van der Waals surface area contributed by atoms with Gasteiger partial charge >= 0.3 is 0 Å². The SMILES string of the molecule is C#CCNCC(C)Oc1ccc(Cl)c(C)c1. The van der Waals surface area contributed by atoms with Crippen molar-refractivity contribution in [1.29, 1.82) is 0 Å². The van der Waals surface area contributed by atoms with Crippen LogP contribution in [0.3, 0.4) is 0 Å². The molecule has 0 saturated heterocycles. The van der Waals surface area contributed by atoms with Crippen LogP contribution in [0, 0.1) is 19.3 Å². The maximum absolute atomic E-state index is 5.93. The van der Waals surface area contributed by atoms with Gasteiger partial charge in [-0.3, -0.25) is 0 Å². The fourth-order valence-corrected chi connectivity index (χ4v) is 1.43. The average Bonchev–Trinajstić information content (AvgIpc) is 2.24. The maximum Gasteiger partial charge on any atom is 0.120 e. The molecule has 1 rings (SSSR count). The molecule has 1 atom stereocenters. The van der Waals surface area contributed by atoms with Crippen molar-refractivity contribution in [2.75, 3.05) is 13.1 Å². The van der Waals surface area contributed by atoms with Crippen molar-refractivity contribution < 1.29 is 4.74 Å². The fourth-order valence-electron chi connectivity index (χ4n) is 1.31. The van der Waals surface area contributed by atoms with Crippen molar-refractivity contribution in [2.24, 2.45) is 0 Å². The predicted molar refractivity (Wildman–Crippen MR) is 68.0 cm³/mol. The fraction of sp³-hybridized carbons (Fsp3) is 0.385. The normalized spacial score (nSPS) is 11.9. The van der Waals surface area contributed by atoms with E-state index in [-0.39, 0.29) is 6.10 Å². The molecule has 0 radical (unpaired) electrons. The summed E-state index contributed by atoms with van der Waals surface area (Å²) in [6.45, 7) is 5.24. The van der Waals surface area contributed by atoms with E-state index in [4.69, 9.17) is 22.8 Å². The van der Waals surface area contributed by atoms with Gasteiger partial charge in [-0.1, -0.05) is 17.5 Å². The molecule has 1 aromatic carbocycles. The van der Waals surface area contributed by atoms with Crippen molar-refractivity contribution in [3.63, 3.8) is 0 Å². The van der Waals surface area contributed by atoms with Crippen LogP contribution in [0.4, 0.5) is 0 Å². The Bertz CT molecular complexity index is 384. The molecule has 0 spiro atoms. The highest BCUT2D eigenvalue weighted by Crippen LogP contribution is 2.21. The highest BCUT2D eigenvalue weighted by Gasteiger charge is 2.04. The number of terminal acetylenes is 1. The van der Waals surface area contributed by atoms with Gasteiger partial charge in [-0.2, -0.15) is 0 Å². The van der Waals surface area contributed by atoms with E-state index < -0.39 is 0 Å². The van der Waals surface area contributed by atoms with E-state index in [1.165, 1.54) is 0 Å². The molecular weight excluding hydrogens is 222 g/mol. The molecule has 0 saturated carbocycles. The van der Waals surface area contributed by atoms with E-state index in [2.05, 4.69) is 11.2 Å². The molecular formula is C13H16ClNO. The first kappa shape index (κ1) is 12.9. The smallest absolute Gasteiger partial charge is 0.120 e. The molecule has 86 valence electrons. The summed E-state index contributed by atoms with van der Waals surface area (Å²) in [4.78, 5) is 0. The lowest BCUT2D eigenvalue weighted by molar-refractivity contribution is 0.219. The van der Waals surface area contributed by atoms with E-state index in [9.17, 15) is 0 Å². The number of benzene rings is 1. The molecule has 0 amide bonds. The zero-order valence-corrected chi connectivity index (χ0v) is 10.3. The lowest BCUT2D eigenvalue weighted by Crippen LogP contribution is -2.29. The highest BCUT2D eigenvalue weighted by atomic mass is 35.5. The van der Waals surface area contributed by atoms with E-state index in [0.717, 1.165) is 22.9 Å². The molecule has 0 heterocycles. The van der Waals surface area contributed by atoms with E-state index >= 15 is 0 Å². The highest BCUT2D eigenvalue weighted by molar-refractivity contribution is 6.31. The Hall–Kier alpha value is -1.17. The first-order valence-electron chi connectivity index (χ1n) is 5.20. The van der Waals surface area contributed by atoms with Crippen molar-refractivity contribution >= 4 is 11.6 Å². The third-order valence-electron chi connectivity index (χ3n) is 2.13. The second-order valence-electron chi connectivity index (χ2n) is 3.67. The molecule has 1 aromatic rings. The van der Waals surface area contributed by atoms with Crippen LogP contribution in [-0.4, -0.2) is 19.2 Å². The summed E-state index contributed by atoms with van der Waals surface area (Å²) in [6.07, 6.45) is 5.21. The second-order valence-corrected chi connectivity index (χ2v) is 4.08. The zero-order chi connectivity index (χ0) is 12.0. The monoisotopic (exact) mass is 237 g/mol. The number of aryl methyl sites for hydroxylation is 1. The number of nitrogens with one attached hydrogen (secondary N) is 1. The van der Waals surface area contributed by atoms with Crippen molar-refractivity contribution in [3.05, 3.63) is 28.8 Å². The molecule has 0 aromatic heterocycles. The topological polar surface area (TPSA) is 21.3 Å². The van der Waals surface area contributed by atoms with Crippen LogP contribution < -0.4 is 10.1 Å². The van der Waals surface area contributed by atoms with Gasteiger partial charge in [0.1, 0.15) is 11.9 Å². The van der Waals surface area contributed by atoms with Crippen LogP contribution in [0.1, 0.15) is 12.5 Å². The summed E-state index contributed by atoms with van der Waals surface area (Å²) in [5, 5.41) is 3.85. The first-order chi connectivity index (χ1) is 7.63. The minimum absolute atomic E-state index is 0.0777. The Morgan fingerprint density at radius 2 is 2.31 bits per heavy atom. The standard InChI is InChI=1S/C13H16ClNO/c1-4-7-15-9-11(3)16-12-5-6-13(14)10(2)8-12/h1,5-6,8,11,15H,7,9H2,2-3H3. The molecule has 0 bridgehead atoms. The molecule has 16 heavy (non-hydrogen) atoms. The van der Waals surface area contributed by atoms with E-state index in [0.29, 0.717) is 6.54 Å². The van der Waals surface area contributed by atoms with Crippen molar-refractivity contribution in [3.8, 4) is 18.1 Å². The van der Waals surface area contributed by atoms with Crippen LogP contribution in [0.25, 0.3) is 0 Å². The van der Waals surface area contributed by atoms with Gasteiger partial charge in [-0.15, -0.1) is 6.42 Å². The summed E-state index contributed by atoms with van der Waals surface area (Å²) in [5.41, 5.74) is 1.02. The Balaban J connectivity index is 2.47. The van der Waals surface area contributed by atoms with Crippen molar-refractivity contribution in [2.45, 2.75) is 20.0 Å². The van der Waals surface area contributed by atoms with Crippen LogP contribution in [0.15, 0.2) is 18.2 Å². The largest absolute Gasteiger partial charge is 0.489 e. The van der Waals surface area contributed by atoms with Gasteiger partial charge in [0.25, 0.3) is 0 Å². The minimum atomic E-state index is 0.0777. The summed E-state index contributed by atoms with van der Waals surface area (Å²) < 4.78 is 5.71. The number of hydrogen-bond donors (Lipinski definition) is 1. The summed E-state index contributed by atoms with van der Waals surface area (Å²) >= 11 is 5.93. The molecule has 1 unspecified atom stereocenters. The second kappa shape index (κ2) is 6.42. The molecule has 2 nitrogen and oxygen atoms in total. The van der Waals surface area contributed by atoms with Gasteiger partial charge in [0.2, 0.25) is 0 Å². The van der Waals surface area contributed by atoms with Gasteiger partial charge in [-0.25, -0.2) is 0 Å². The van der Waals surface area contributed by atoms with Crippen LogP contribution in [0.2, 0.25) is 5.02 Å².